The van der Waals surface area contributed by atoms with Crippen molar-refractivity contribution in [1.29, 1.82) is 0 Å². The normalized spacial score (nSPS) is 29.5. The summed E-state index contributed by atoms with van der Waals surface area (Å²) in [6.07, 6.45) is 19.1. The number of hydrogen-bond donors (Lipinski definition) is 0. The van der Waals surface area contributed by atoms with Gasteiger partial charge in [-0.25, -0.2) is 0 Å². The summed E-state index contributed by atoms with van der Waals surface area (Å²) in [7, 11) is 0. The minimum atomic E-state index is 0.607. The van der Waals surface area contributed by atoms with Crippen LogP contribution in [0, 0.1) is 11.8 Å². The van der Waals surface area contributed by atoms with E-state index in [1.807, 2.05) is 0 Å². The first-order valence-electron chi connectivity index (χ1n) is 9.00. The van der Waals surface area contributed by atoms with E-state index in [0.717, 1.165) is 18.4 Å². The summed E-state index contributed by atoms with van der Waals surface area (Å²) in [6.45, 7) is 3.37. The van der Waals surface area contributed by atoms with Gasteiger partial charge in [0, 0.05) is 6.61 Å². The average molecular weight is 266 g/mol. The highest BCUT2D eigenvalue weighted by atomic mass is 16.5. The topological polar surface area (TPSA) is 9.23 Å². The van der Waals surface area contributed by atoms with Crippen molar-refractivity contribution in [3.63, 3.8) is 0 Å². The van der Waals surface area contributed by atoms with Gasteiger partial charge in [-0.1, -0.05) is 64.7 Å². The molecule has 0 bridgehead atoms. The lowest BCUT2D eigenvalue weighted by atomic mass is 9.80. The van der Waals surface area contributed by atoms with Crippen molar-refractivity contribution in [2.24, 2.45) is 11.8 Å². The molecule has 1 heteroatoms. The third kappa shape index (κ3) is 5.85. The molecule has 2 fully saturated rings. The van der Waals surface area contributed by atoms with Gasteiger partial charge in [-0.15, -0.1) is 0 Å². The minimum absolute atomic E-state index is 0.607. The van der Waals surface area contributed by atoms with Gasteiger partial charge in [0.05, 0.1) is 6.10 Å². The number of unbranched alkanes of at least 4 members (excludes halogenated alkanes) is 2. The Morgan fingerprint density at radius 2 is 1.47 bits per heavy atom. The highest BCUT2D eigenvalue weighted by molar-refractivity contribution is 4.73. The molecule has 0 radical (unpaired) electrons. The largest absolute Gasteiger partial charge is 0.378 e. The van der Waals surface area contributed by atoms with Crippen LogP contribution in [0.4, 0.5) is 0 Å². The number of rotatable bonds is 7. The maximum Gasteiger partial charge on any atom is 0.0575 e. The summed E-state index contributed by atoms with van der Waals surface area (Å²) in [5.41, 5.74) is 0. The molecular formula is C18H34O. The van der Waals surface area contributed by atoms with Gasteiger partial charge in [0.2, 0.25) is 0 Å². The molecule has 1 nitrogen and oxygen atoms in total. The van der Waals surface area contributed by atoms with Crippen LogP contribution in [0.1, 0.15) is 90.4 Å². The van der Waals surface area contributed by atoms with Crippen LogP contribution in [0.25, 0.3) is 0 Å². The zero-order valence-corrected chi connectivity index (χ0v) is 13.0. The molecular weight excluding hydrogens is 232 g/mol. The van der Waals surface area contributed by atoms with Crippen LogP contribution in [0.2, 0.25) is 0 Å². The summed E-state index contributed by atoms with van der Waals surface area (Å²) in [5, 5.41) is 0. The fourth-order valence-corrected chi connectivity index (χ4v) is 3.87. The van der Waals surface area contributed by atoms with Crippen molar-refractivity contribution in [2.75, 3.05) is 6.61 Å². The Bertz CT molecular complexity index is 212. The molecule has 19 heavy (non-hydrogen) atoms. The van der Waals surface area contributed by atoms with Crippen molar-refractivity contribution in [3.8, 4) is 0 Å². The Labute approximate surface area is 120 Å². The first kappa shape index (κ1) is 15.4. The minimum Gasteiger partial charge on any atom is -0.378 e. The molecule has 2 aliphatic rings. The SMILES string of the molecule is CCCCCC1CCC(COC2CCCCC2)CC1. The predicted molar refractivity (Wildman–Crippen MR) is 82.4 cm³/mol. The molecule has 0 aliphatic heterocycles. The fraction of sp³-hybridized carbons (Fsp3) is 1.00. The highest BCUT2D eigenvalue weighted by Crippen LogP contribution is 2.33. The molecule has 0 aromatic rings. The van der Waals surface area contributed by atoms with Gasteiger partial charge in [0.1, 0.15) is 0 Å². The quantitative estimate of drug-likeness (QED) is 0.535. The molecule has 2 rings (SSSR count). The first-order valence-corrected chi connectivity index (χ1v) is 9.00. The van der Waals surface area contributed by atoms with E-state index in [4.69, 9.17) is 4.74 Å². The van der Waals surface area contributed by atoms with Crippen LogP contribution in [0.15, 0.2) is 0 Å². The van der Waals surface area contributed by atoms with Gasteiger partial charge in [0.25, 0.3) is 0 Å². The van der Waals surface area contributed by atoms with Crippen LogP contribution in [-0.4, -0.2) is 12.7 Å². The molecule has 0 atom stereocenters. The lowest BCUT2D eigenvalue weighted by Gasteiger charge is -2.30. The Hall–Kier alpha value is -0.0400. The van der Waals surface area contributed by atoms with E-state index in [2.05, 4.69) is 6.92 Å². The Morgan fingerprint density at radius 1 is 0.789 bits per heavy atom. The van der Waals surface area contributed by atoms with Crippen molar-refractivity contribution >= 4 is 0 Å². The zero-order valence-electron chi connectivity index (χ0n) is 13.0. The fourth-order valence-electron chi connectivity index (χ4n) is 3.87. The van der Waals surface area contributed by atoms with Gasteiger partial charge in [-0.3, -0.25) is 0 Å². The summed E-state index contributed by atoms with van der Waals surface area (Å²) in [6, 6.07) is 0. The molecule has 0 unspecified atom stereocenters. The number of ether oxygens (including phenoxy) is 1. The average Bonchev–Trinajstić information content (AvgIpc) is 2.48. The molecule has 0 N–H and O–H groups in total. The van der Waals surface area contributed by atoms with E-state index in [0.29, 0.717) is 6.10 Å². The lowest BCUT2D eigenvalue weighted by molar-refractivity contribution is -0.00207. The molecule has 0 aromatic carbocycles. The Balaban J connectivity index is 1.53. The molecule has 0 heterocycles. The van der Waals surface area contributed by atoms with Crippen molar-refractivity contribution in [1.82, 2.24) is 0 Å². The van der Waals surface area contributed by atoms with Gasteiger partial charge in [0.15, 0.2) is 0 Å². The number of hydrogen-bond acceptors (Lipinski definition) is 1. The van der Waals surface area contributed by atoms with Gasteiger partial charge in [-0.05, 0) is 37.5 Å². The molecule has 2 saturated carbocycles. The predicted octanol–water partition coefficient (Wildman–Crippen LogP) is 5.72. The maximum absolute atomic E-state index is 6.16. The van der Waals surface area contributed by atoms with Crippen LogP contribution in [0.5, 0.6) is 0 Å². The van der Waals surface area contributed by atoms with E-state index in [9.17, 15) is 0 Å². The van der Waals surface area contributed by atoms with E-state index in [1.54, 1.807) is 0 Å². The first-order chi connectivity index (χ1) is 9.38. The van der Waals surface area contributed by atoms with Crippen LogP contribution in [0.3, 0.4) is 0 Å². The van der Waals surface area contributed by atoms with Gasteiger partial charge >= 0.3 is 0 Å². The van der Waals surface area contributed by atoms with E-state index in [-0.39, 0.29) is 0 Å². The van der Waals surface area contributed by atoms with Gasteiger partial charge in [-0.2, -0.15) is 0 Å². The van der Waals surface area contributed by atoms with Crippen molar-refractivity contribution in [3.05, 3.63) is 0 Å². The second-order valence-electron chi connectivity index (χ2n) is 6.98. The van der Waals surface area contributed by atoms with E-state index in [1.165, 1.54) is 83.5 Å². The zero-order chi connectivity index (χ0) is 13.3. The lowest BCUT2D eigenvalue weighted by Crippen LogP contribution is -2.24. The molecule has 2 aliphatic carbocycles. The van der Waals surface area contributed by atoms with E-state index < -0.39 is 0 Å². The molecule has 0 aromatic heterocycles. The Kier molecular flexibility index (Phi) is 7.27. The smallest absolute Gasteiger partial charge is 0.0575 e. The van der Waals surface area contributed by atoms with Crippen LogP contribution < -0.4 is 0 Å². The van der Waals surface area contributed by atoms with E-state index >= 15 is 0 Å². The highest BCUT2D eigenvalue weighted by Gasteiger charge is 2.22. The van der Waals surface area contributed by atoms with Crippen LogP contribution >= 0.6 is 0 Å². The molecule has 0 amide bonds. The van der Waals surface area contributed by atoms with Gasteiger partial charge < -0.3 is 4.74 Å². The second kappa shape index (κ2) is 9.00. The summed E-state index contributed by atoms with van der Waals surface area (Å²) in [5.74, 6) is 1.92. The standard InChI is InChI=1S/C18H34O/c1-2-3-5-8-16-11-13-17(14-12-16)15-19-18-9-6-4-7-10-18/h16-18H,2-15H2,1H3. The second-order valence-corrected chi connectivity index (χ2v) is 6.98. The summed E-state index contributed by atoms with van der Waals surface area (Å²) in [4.78, 5) is 0. The monoisotopic (exact) mass is 266 g/mol. The third-order valence-corrected chi connectivity index (χ3v) is 5.30. The van der Waals surface area contributed by atoms with Crippen LogP contribution in [-0.2, 0) is 4.74 Å². The van der Waals surface area contributed by atoms with Crippen molar-refractivity contribution < 1.29 is 4.74 Å². The summed E-state index contributed by atoms with van der Waals surface area (Å²) >= 11 is 0. The van der Waals surface area contributed by atoms with Crippen molar-refractivity contribution in [2.45, 2.75) is 96.5 Å². The molecule has 112 valence electrons. The molecule has 0 spiro atoms. The maximum atomic E-state index is 6.16. The molecule has 0 saturated heterocycles. The summed E-state index contributed by atoms with van der Waals surface area (Å²) < 4.78 is 6.16. The third-order valence-electron chi connectivity index (χ3n) is 5.30. The Morgan fingerprint density at radius 3 is 2.16 bits per heavy atom.